The summed E-state index contributed by atoms with van der Waals surface area (Å²) < 4.78 is 14.8. The Morgan fingerprint density at radius 1 is 1.25 bits per heavy atom. The van der Waals surface area contributed by atoms with E-state index in [0.29, 0.717) is 11.5 Å². The first-order valence-corrected chi connectivity index (χ1v) is 5.78. The van der Waals surface area contributed by atoms with E-state index < -0.39 is 18.5 Å². The van der Waals surface area contributed by atoms with Crippen LogP contribution in [0.25, 0.3) is 6.08 Å². The molecule has 1 heterocycles. The fraction of sp³-hybridized carbons (Fsp3) is 0.143. The minimum Gasteiger partial charge on any atom is -0.479 e. The zero-order chi connectivity index (χ0) is 14.4. The Kier molecular flexibility index (Phi) is 4.39. The van der Waals surface area contributed by atoms with Gasteiger partial charge in [-0.2, -0.15) is 0 Å². The van der Waals surface area contributed by atoms with Gasteiger partial charge in [-0.3, -0.25) is 0 Å². The van der Waals surface area contributed by atoms with Crippen LogP contribution in [0.3, 0.4) is 0 Å². The number of carbonyl (C=O) groups excluding carboxylic acids is 1. The molecule has 2 rings (SSSR count). The SMILES string of the molecule is O=C(O)COC(=O)C=CC=Cc1ccc2c(c1)OCO2. The summed E-state index contributed by atoms with van der Waals surface area (Å²) in [7, 11) is 0. The molecule has 0 fully saturated rings. The lowest BCUT2D eigenvalue weighted by atomic mass is 10.2. The van der Waals surface area contributed by atoms with Crippen molar-refractivity contribution in [3.05, 3.63) is 42.0 Å². The zero-order valence-corrected chi connectivity index (χ0v) is 10.4. The number of hydrogen-bond donors (Lipinski definition) is 1. The quantitative estimate of drug-likeness (QED) is 0.500. The number of benzene rings is 1. The summed E-state index contributed by atoms with van der Waals surface area (Å²) in [6.07, 6.45) is 6.02. The topological polar surface area (TPSA) is 82.1 Å². The summed E-state index contributed by atoms with van der Waals surface area (Å²) in [5, 5.41) is 8.32. The molecule has 0 amide bonds. The minimum atomic E-state index is -1.19. The van der Waals surface area contributed by atoms with E-state index in [-0.39, 0.29) is 6.79 Å². The molecule has 1 aliphatic rings. The highest BCUT2D eigenvalue weighted by Crippen LogP contribution is 2.32. The Bertz CT molecular complexity index is 573. The second-order valence-electron chi connectivity index (χ2n) is 3.83. The van der Waals surface area contributed by atoms with Crippen LogP contribution in [-0.2, 0) is 14.3 Å². The van der Waals surface area contributed by atoms with Crippen molar-refractivity contribution in [3.63, 3.8) is 0 Å². The van der Waals surface area contributed by atoms with Crippen molar-refractivity contribution in [2.24, 2.45) is 0 Å². The van der Waals surface area contributed by atoms with Crippen LogP contribution < -0.4 is 9.47 Å². The molecule has 1 aromatic rings. The van der Waals surface area contributed by atoms with Gasteiger partial charge in [0, 0.05) is 6.08 Å². The van der Waals surface area contributed by atoms with Gasteiger partial charge in [-0.25, -0.2) is 9.59 Å². The molecule has 104 valence electrons. The lowest BCUT2D eigenvalue weighted by Crippen LogP contribution is -2.10. The molecule has 0 aliphatic carbocycles. The van der Waals surface area contributed by atoms with Crippen molar-refractivity contribution in [1.82, 2.24) is 0 Å². The largest absolute Gasteiger partial charge is 0.479 e. The Balaban J connectivity index is 1.87. The predicted octanol–water partition coefficient (Wildman–Crippen LogP) is 1.61. The van der Waals surface area contributed by atoms with Crippen LogP contribution in [0.5, 0.6) is 11.5 Å². The molecule has 20 heavy (non-hydrogen) atoms. The van der Waals surface area contributed by atoms with E-state index >= 15 is 0 Å². The molecule has 0 saturated heterocycles. The molecule has 6 heteroatoms. The van der Waals surface area contributed by atoms with Gasteiger partial charge in [0.05, 0.1) is 0 Å². The van der Waals surface area contributed by atoms with E-state index in [9.17, 15) is 9.59 Å². The Morgan fingerprint density at radius 2 is 2.05 bits per heavy atom. The number of fused-ring (bicyclic) bond motifs is 1. The van der Waals surface area contributed by atoms with Crippen molar-refractivity contribution >= 4 is 18.0 Å². The van der Waals surface area contributed by atoms with E-state index in [1.165, 1.54) is 6.08 Å². The molecule has 6 nitrogen and oxygen atoms in total. The highest BCUT2D eigenvalue weighted by atomic mass is 16.7. The lowest BCUT2D eigenvalue weighted by molar-refractivity contribution is -0.151. The average molecular weight is 276 g/mol. The van der Waals surface area contributed by atoms with Gasteiger partial charge < -0.3 is 19.3 Å². The second kappa shape index (κ2) is 6.42. The van der Waals surface area contributed by atoms with Crippen molar-refractivity contribution in [1.29, 1.82) is 0 Å². The van der Waals surface area contributed by atoms with Gasteiger partial charge in [-0.15, -0.1) is 0 Å². The molecule has 0 radical (unpaired) electrons. The highest BCUT2D eigenvalue weighted by molar-refractivity contribution is 5.84. The van der Waals surface area contributed by atoms with Crippen molar-refractivity contribution in [2.45, 2.75) is 0 Å². The van der Waals surface area contributed by atoms with Gasteiger partial charge in [0.15, 0.2) is 18.1 Å². The Morgan fingerprint density at radius 3 is 2.85 bits per heavy atom. The molecule has 0 atom stereocenters. The van der Waals surface area contributed by atoms with Gasteiger partial charge in [0.1, 0.15) is 0 Å². The summed E-state index contributed by atoms with van der Waals surface area (Å²) in [6.45, 7) is -0.424. The molecule has 1 N–H and O–H groups in total. The first-order valence-electron chi connectivity index (χ1n) is 5.78. The van der Waals surface area contributed by atoms with Crippen molar-refractivity contribution in [2.75, 3.05) is 13.4 Å². The molecular formula is C14H12O6. The molecule has 0 unspecified atom stereocenters. The summed E-state index contributed by atoms with van der Waals surface area (Å²) in [5.41, 5.74) is 0.887. The first kappa shape index (κ1) is 13.7. The molecule has 0 aromatic heterocycles. The second-order valence-corrected chi connectivity index (χ2v) is 3.83. The monoisotopic (exact) mass is 276 g/mol. The third-order valence-corrected chi connectivity index (χ3v) is 2.37. The van der Waals surface area contributed by atoms with Crippen LogP contribution in [0.15, 0.2) is 36.4 Å². The van der Waals surface area contributed by atoms with Crippen molar-refractivity contribution in [3.8, 4) is 11.5 Å². The smallest absolute Gasteiger partial charge is 0.341 e. The Hall–Kier alpha value is -2.76. The van der Waals surface area contributed by atoms with Gasteiger partial charge in [0.2, 0.25) is 6.79 Å². The van der Waals surface area contributed by atoms with Crippen molar-refractivity contribution < 1.29 is 28.9 Å². The van der Waals surface area contributed by atoms with Gasteiger partial charge in [-0.05, 0) is 17.7 Å². The van der Waals surface area contributed by atoms with Crippen LogP contribution in [0.4, 0.5) is 0 Å². The fourth-order valence-corrected chi connectivity index (χ4v) is 1.50. The summed E-state index contributed by atoms with van der Waals surface area (Å²) >= 11 is 0. The minimum absolute atomic E-state index is 0.220. The molecule has 0 bridgehead atoms. The standard InChI is InChI=1S/C14H12O6/c15-13(16)8-18-14(17)4-2-1-3-10-5-6-11-12(7-10)20-9-19-11/h1-7H,8-9H2,(H,15,16). The van der Waals surface area contributed by atoms with Crippen LogP contribution in [0, 0.1) is 0 Å². The molecule has 0 saturated carbocycles. The Labute approximate surface area is 114 Å². The number of esters is 1. The van der Waals surface area contributed by atoms with E-state index in [4.69, 9.17) is 14.6 Å². The molecule has 0 spiro atoms. The van der Waals surface area contributed by atoms with Crippen LogP contribution in [-0.4, -0.2) is 30.4 Å². The molecular weight excluding hydrogens is 264 g/mol. The van der Waals surface area contributed by atoms with Gasteiger partial charge in [0.25, 0.3) is 0 Å². The summed E-state index contributed by atoms with van der Waals surface area (Å²) in [6, 6.07) is 5.46. The molecule has 1 aliphatic heterocycles. The van der Waals surface area contributed by atoms with E-state index in [0.717, 1.165) is 11.6 Å². The van der Waals surface area contributed by atoms with Crippen LogP contribution >= 0.6 is 0 Å². The number of rotatable bonds is 5. The van der Waals surface area contributed by atoms with Crippen LogP contribution in [0.2, 0.25) is 0 Å². The third-order valence-electron chi connectivity index (χ3n) is 2.37. The number of ether oxygens (including phenoxy) is 3. The molecule has 1 aromatic carbocycles. The van der Waals surface area contributed by atoms with Crippen LogP contribution in [0.1, 0.15) is 5.56 Å². The first-order chi connectivity index (χ1) is 9.65. The predicted molar refractivity (Wildman–Crippen MR) is 69.3 cm³/mol. The zero-order valence-electron chi connectivity index (χ0n) is 10.4. The maximum Gasteiger partial charge on any atom is 0.341 e. The number of carbonyl (C=O) groups is 2. The number of aliphatic carboxylic acids is 1. The lowest BCUT2D eigenvalue weighted by Gasteiger charge is -1.97. The van der Waals surface area contributed by atoms with Gasteiger partial charge >= 0.3 is 11.9 Å². The third kappa shape index (κ3) is 3.88. The van der Waals surface area contributed by atoms with E-state index in [1.807, 2.05) is 12.1 Å². The van der Waals surface area contributed by atoms with E-state index in [1.54, 1.807) is 18.2 Å². The number of carboxylic acids is 1. The maximum absolute atomic E-state index is 11.1. The average Bonchev–Trinajstić information content (AvgIpc) is 2.88. The van der Waals surface area contributed by atoms with Gasteiger partial charge in [-0.1, -0.05) is 24.3 Å². The number of carboxylic acid groups (broad SMARTS) is 1. The number of hydrogen-bond acceptors (Lipinski definition) is 5. The normalized spacial score (nSPS) is 13.0. The summed E-state index contributed by atoms with van der Waals surface area (Å²) in [5.74, 6) is -0.516. The maximum atomic E-state index is 11.1. The number of allylic oxidation sites excluding steroid dienone is 2. The summed E-state index contributed by atoms with van der Waals surface area (Å²) in [4.78, 5) is 21.2. The highest BCUT2D eigenvalue weighted by Gasteiger charge is 2.11. The van der Waals surface area contributed by atoms with E-state index in [2.05, 4.69) is 4.74 Å². The fourth-order valence-electron chi connectivity index (χ4n) is 1.50.